The molecule has 1 aliphatic rings. The Labute approximate surface area is 233 Å². The molecule has 0 aliphatic carbocycles. The number of amides is 2. The fourth-order valence-electron chi connectivity index (χ4n) is 3.35. The summed E-state index contributed by atoms with van der Waals surface area (Å²) in [7, 11) is 0. The van der Waals surface area contributed by atoms with Gasteiger partial charge in [-0.05, 0) is 24.9 Å². The molecule has 2 atom stereocenters. The molecule has 0 saturated carbocycles. The lowest BCUT2D eigenvalue weighted by atomic mass is 10.0. The maximum atomic E-state index is 12.9. The van der Waals surface area contributed by atoms with E-state index in [1.54, 1.807) is 0 Å². The largest absolute Gasteiger partial charge is 0.422 e. The maximum absolute atomic E-state index is 12.9. The number of halogens is 6. The first-order valence-corrected chi connectivity index (χ1v) is 12.2. The molecule has 1 fully saturated rings. The van der Waals surface area contributed by atoms with Crippen LogP contribution in [0.1, 0.15) is 18.4 Å². The van der Waals surface area contributed by atoms with E-state index in [-0.39, 0.29) is 61.6 Å². The molecule has 7 nitrogen and oxygen atoms in total. The van der Waals surface area contributed by atoms with E-state index in [9.17, 15) is 14.4 Å². The summed E-state index contributed by atoms with van der Waals surface area (Å²) in [6.45, 7) is 0.218. The van der Waals surface area contributed by atoms with Crippen molar-refractivity contribution in [3.8, 4) is 5.75 Å². The van der Waals surface area contributed by atoms with Gasteiger partial charge in [0, 0.05) is 6.42 Å². The van der Waals surface area contributed by atoms with Gasteiger partial charge in [0.15, 0.2) is 5.75 Å². The highest BCUT2D eigenvalue weighted by atomic mass is 35.5. The Morgan fingerprint density at radius 3 is 2.14 bits per heavy atom. The predicted octanol–water partition coefficient (Wildman–Crippen LogP) is 4.88. The molecule has 13 heteroatoms. The van der Waals surface area contributed by atoms with E-state index in [2.05, 4.69) is 16.0 Å². The van der Waals surface area contributed by atoms with Crippen LogP contribution in [0.4, 0.5) is 0 Å². The van der Waals surface area contributed by atoms with Crippen molar-refractivity contribution in [2.24, 2.45) is 0 Å². The highest BCUT2D eigenvalue weighted by Gasteiger charge is 2.28. The van der Waals surface area contributed by atoms with Gasteiger partial charge in [0.2, 0.25) is 11.8 Å². The summed E-state index contributed by atoms with van der Waals surface area (Å²) < 4.78 is 5.16. The van der Waals surface area contributed by atoms with E-state index in [0.29, 0.717) is 6.42 Å². The summed E-state index contributed by atoms with van der Waals surface area (Å²) in [4.78, 5) is 37.8. The van der Waals surface area contributed by atoms with Crippen LogP contribution < -0.4 is 20.7 Å². The normalized spacial score (nSPS) is 15.6. The molecule has 0 spiro atoms. The van der Waals surface area contributed by atoms with Crippen molar-refractivity contribution < 1.29 is 19.1 Å². The Morgan fingerprint density at radius 1 is 0.971 bits per heavy atom. The van der Waals surface area contributed by atoms with Crippen LogP contribution in [0.2, 0.25) is 25.1 Å². The summed E-state index contributed by atoms with van der Waals surface area (Å²) in [5.41, 5.74) is 0.842. The monoisotopic (exact) mass is 601 g/mol. The van der Waals surface area contributed by atoms with Crippen LogP contribution in [0.5, 0.6) is 5.75 Å². The molecule has 0 radical (unpaired) electrons. The first-order chi connectivity index (χ1) is 16.2. The third-order valence-electron chi connectivity index (χ3n) is 5.08. The standard InChI is InChI=1S/C22H20Cl5N3O4.ClH/c23-15-16(24)18(26)20(19(27)17(15)25)34-14(31)10-29-21(32)13(9-11-5-2-1-3-6-11)30-22(33)12-7-4-8-28-12;/h1-3,5-6,12-13,28H,4,7-10H2,(H,29,32)(H,30,33);1H/t12-,13-;/m0./s1. The van der Waals surface area contributed by atoms with E-state index in [4.69, 9.17) is 62.7 Å². The molecule has 2 aromatic carbocycles. The number of carbonyl (C=O) groups is 3. The molecule has 3 N–H and O–H groups in total. The lowest BCUT2D eigenvalue weighted by Crippen LogP contribution is -2.53. The Bertz CT molecular complexity index is 1050. The Balaban J connectivity index is 0.00000432. The fraction of sp³-hybridized carbons (Fsp3) is 0.318. The highest BCUT2D eigenvalue weighted by molar-refractivity contribution is 6.55. The zero-order valence-electron chi connectivity index (χ0n) is 18.0. The van der Waals surface area contributed by atoms with Crippen LogP contribution in [-0.2, 0) is 20.8 Å². The van der Waals surface area contributed by atoms with Crippen LogP contribution in [0.25, 0.3) is 0 Å². The average Bonchev–Trinajstić information content (AvgIpc) is 3.38. The van der Waals surface area contributed by atoms with Gasteiger partial charge in [-0.3, -0.25) is 9.59 Å². The van der Waals surface area contributed by atoms with Crippen LogP contribution in [0.3, 0.4) is 0 Å². The Hall–Kier alpha value is -1.45. The topological polar surface area (TPSA) is 96.5 Å². The van der Waals surface area contributed by atoms with Crippen molar-refractivity contribution in [2.45, 2.75) is 31.3 Å². The molecule has 2 aromatic rings. The van der Waals surface area contributed by atoms with E-state index in [0.717, 1.165) is 18.5 Å². The molecule has 1 saturated heterocycles. The number of carbonyl (C=O) groups excluding carboxylic acids is 3. The zero-order valence-corrected chi connectivity index (χ0v) is 22.6. The Kier molecular flexibility index (Phi) is 11.7. The number of benzene rings is 2. The predicted molar refractivity (Wildman–Crippen MR) is 140 cm³/mol. The van der Waals surface area contributed by atoms with Crippen molar-refractivity contribution in [3.63, 3.8) is 0 Å². The van der Waals surface area contributed by atoms with Gasteiger partial charge in [-0.1, -0.05) is 88.3 Å². The summed E-state index contributed by atoms with van der Waals surface area (Å²) in [6, 6.07) is 7.92. The summed E-state index contributed by atoms with van der Waals surface area (Å²) in [6.07, 6.45) is 1.80. The highest BCUT2D eigenvalue weighted by Crippen LogP contribution is 2.48. The number of esters is 1. The second-order valence-electron chi connectivity index (χ2n) is 7.49. The molecule has 0 bridgehead atoms. The van der Waals surface area contributed by atoms with E-state index in [1.165, 1.54) is 0 Å². The maximum Gasteiger partial charge on any atom is 0.330 e. The van der Waals surface area contributed by atoms with Crippen LogP contribution in [0, 0.1) is 0 Å². The van der Waals surface area contributed by atoms with E-state index < -0.39 is 24.5 Å². The third kappa shape index (κ3) is 7.76. The van der Waals surface area contributed by atoms with Crippen molar-refractivity contribution >= 4 is 88.2 Å². The number of rotatable bonds is 8. The average molecular weight is 604 g/mol. The van der Waals surface area contributed by atoms with Crippen molar-refractivity contribution in [1.29, 1.82) is 0 Å². The van der Waals surface area contributed by atoms with Gasteiger partial charge in [0.25, 0.3) is 0 Å². The lowest BCUT2D eigenvalue weighted by Gasteiger charge is -2.21. The molecule has 3 rings (SSSR count). The Morgan fingerprint density at radius 2 is 1.57 bits per heavy atom. The molecule has 2 amide bonds. The van der Waals surface area contributed by atoms with Gasteiger partial charge < -0.3 is 20.7 Å². The number of ether oxygens (including phenoxy) is 1. The summed E-state index contributed by atoms with van der Waals surface area (Å²) in [5.74, 6) is -1.99. The van der Waals surface area contributed by atoms with Gasteiger partial charge in [-0.25, -0.2) is 4.79 Å². The zero-order chi connectivity index (χ0) is 24.8. The van der Waals surface area contributed by atoms with Crippen molar-refractivity contribution in [1.82, 2.24) is 16.0 Å². The van der Waals surface area contributed by atoms with Gasteiger partial charge in [-0.2, -0.15) is 0 Å². The van der Waals surface area contributed by atoms with E-state index >= 15 is 0 Å². The van der Waals surface area contributed by atoms with Gasteiger partial charge in [0.05, 0.1) is 21.1 Å². The number of hydrogen-bond donors (Lipinski definition) is 3. The van der Waals surface area contributed by atoms with Crippen molar-refractivity contribution in [2.75, 3.05) is 13.1 Å². The first kappa shape index (κ1) is 29.8. The summed E-state index contributed by atoms with van der Waals surface area (Å²) >= 11 is 30.0. The van der Waals surface area contributed by atoms with Gasteiger partial charge in [-0.15, -0.1) is 12.4 Å². The molecule has 0 unspecified atom stereocenters. The minimum absolute atomic E-state index is 0. The van der Waals surface area contributed by atoms with Crippen LogP contribution >= 0.6 is 70.4 Å². The van der Waals surface area contributed by atoms with Gasteiger partial charge >= 0.3 is 5.97 Å². The molecule has 35 heavy (non-hydrogen) atoms. The van der Waals surface area contributed by atoms with E-state index in [1.807, 2.05) is 30.3 Å². The smallest absolute Gasteiger partial charge is 0.330 e. The molecule has 0 aromatic heterocycles. The number of hydrogen-bond acceptors (Lipinski definition) is 5. The first-order valence-electron chi connectivity index (χ1n) is 10.3. The lowest BCUT2D eigenvalue weighted by molar-refractivity contribution is -0.136. The molecular formula is C22H21Cl6N3O4. The molecule has 1 aliphatic heterocycles. The fourth-order valence-corrected chi connectivity index (χ4v) is 4.54. The van der Waals surface area contributed by atoms with Crippen LogP contribution in [-0.4, -0.2) is 43.0 Å². The molecule has 1 heterocycles. The van der Waals surface area contributed by atoms with Crippen LogP contribution in [0.15, 0.2) is 30.3 Å². The third-order valence-corrected chi connectivity index (χ3v) is 7.33. The van der Waals surface area contributed by atoms with Crippen molar-refractivity contribution in [3.05, 3.63) is 61.0 Å². The molecule has 190 valence electrons. The van der Waals surface area contributed by atoms with Gasteiger partial charge in [0.1, 0.15) is 22.6 Å². The number of nitrogens with one attached hydrogen (secondary N) is 3. The minimum Gasteiger partial charge on any atom is -0.422 e. The quantitative estimate of drug-likeness (QED) is 0.173. The second kappa shape index (κ2) is 13.7. The minimum atomic E-state index is -0.906. The molecular weight excluding hydrogens is 583 g/mol. The summed E-state index contributed by atoms with van der Waals surface area (Å²) in [5, 5.41) is 7.60. The SMILES string of the molecule is Cl.O=C(CNC(=O)[C@H](Cc1ccccc1)NC(=O)[C@@H]1CCCN1)Oc1c(Cl)c(Cl)c(Cl)c(Cl)c1Cl. The second-order valence-corrected chi connectivity index (χ2v) is 9.38.